The molecule has 0 fully saturated rings. The summed E-state index contributed by atoms with van der Waals surface area (Å²) in [5.74, 6) is -2.39. The van der Waals surface area contributed by atoms with Crippen LogP contribution >= 0.6 is 7.82 Å². The van der Waals surface area contributed by atoms with Crippen molar-refractivity contribution in [3.8, 4) is 0 Å². The molecular formula is C35H66NO10P. The van der Waals surface area contributed by atoms with Gasteiger partial charge in [0.1, 0.15) is 12.6 Å². The monoisotopic (exact) mass is 691 g/mol. The molecule has 0 saturated carbocycles. The lowest BCUT2D eigenvalue weighted by Crippen LogP contribution is -2.34. The number of ether oxygens (including phenoxy) is 2. The Bertz CT molecular complexity index is 869. The van der Waals surface area contributed by atoms with E-state index >= 15 is 0 Å². The number of carbonyl (C=O) groups excluding carboxylic acids is 2. The number of aliphatic carboxylic acids is 1. The lowest BCUT2D eigenvalue weighted by Gasteiger charge is -2.20. The molecule has 276 valence electrons. The highest BCUT2D eigenvalue weighted by Gasteiger charge is 2.28. The molecule has 0 bridgehead atoms. The van der Waals surface area contributed by atoms with Crippen LogP contribution in [0.4, 0.5) is 0 Å². The summed E-state index contributed by atoms with van der Waals surface area (Å²) in [6.07, 6.45) is 27.2. The van der Waals surface area contributed by atoms with Crippen LogP contribution in [0.1, 0.15) is 162 Å². The Morgan fingerprint density at radius 2 is 1.06 bits per heavy atom. The quantitative estimate of drug-likeness (QED) is 0.0255. The topological polar surface area (TPSA) is 172 Å². The van der Waals surface area contributed by atoms with Crippen molar-refractivity contribution in [1.82, 2.24) is 0 Å². The number of phosphoric ester groups is 1. The lowest BCUT2D eigenvalue weighted by molar-refractivity contribution is -0.161. The lowest BCUT2D eigenvalue weighted by atomic mass is 10.1. The van der Waals surface area contributed by atoms with Gasteiger partial charge in [0.05, 0.1) is 13.2 Å². The zero-order valence-corrected chi connectivity index (χ0v) is 30.3. The van der Waals surface area contributed by atoms with Gasteiger partial charge in [-0.15, -0.1) is 0 Å². The van der Waals surface area contributed by atoms with Crippen LogP contribution in [-0.2, 0) is 37.5 Å². The van der Waals surface area contributed by atoms with Gasteiger partial charge in [-0.05, 0) is 38.5 Å². The van der Waals surface area contributed by atoms with Gasteiger partial charge in [0.15, 0.2) is 6.10 Å². The Kier molecular flexibility index (Phi) is 30.3. The van der Waals surface area contributed by atoms with E-state index in [1.54, 1.807) is 0 Å². The minimum absolute atomic E-state index is 0.154. The van der Waals surface area contributed by atoms with Gasteiger partial charge in [-0.1, -0.05) is 122 Å². The predicted molar refractivity (Wildman–Crippen MR) is 185 cm³/mol. The fourth-order valence-electron chi connectivity index (χ4n) is 4.82. The van der Waals surface area contributed by atoms with E-state index in [2.05, 4.69) is 30.5 Å². The van der Waals surface area contributed by atoms with Gasteiger partial charge in [0.2, 0.25) is 0 Å². The largest absolute Gasteiger partial charge is 0.480 e. The zero-order chi connectivity index (χ0) is 35.0. The average molecular weight is 692 g/mol. The van der Waals surface area contributed by atoms with E-state index in [1.165, 1.54) is 64.2 Å². The molecule has 0 aliphatic carbocycles. The van der Waals surface area contributed by atoms with Crippen LogP contribution in [0.15, 0.2) is 12.2 Å². The molecule has 0 aromatic rings. The summed E-state index contributed by atoms with van der Waals surface area (Å²) in [5, 5.41) is 8.84. The highest BCUT2D eigenvalue weighted by atomic mass is 31.2. The van der Waals surface area contributed by atoms with E-state index in [0.29, 0.717) is 12.8 Å². The maximum Gasteiger partial charge on any atom is 0.472 e. The third-order valence-corrected chi connectivity index (χ3v) is 8.71. The number of hydrogen-bond acceptors (Lipinski definition) is 9. The van der Waals surface area contributed by atoms with Crippen molar-refractivity contribution in [2.24, 2.45) is 5.73 Å². The summed E-state index contributed by atoms with van der Waals surface area (Å²) < 4.78 is 32.5. The zero-order valence-electron chi connectivity index (χ0n) is 29.4. The number of rotatable bonds is 34. The van der Waals surface area contributed by atoms with Crippen molar-refractivity contribution < 1.29 is 47.5 Å². The molecule has 0 aromatic carbocycles. The molecule has 1 unspecified atom stereocenters. The number of esters is 2. The molecule has 0 radical (unpaired) electrons. The van der Waals surface area contributed by atoms with Crippen molar-refractivity contribution in [2.45, 2.75) is 174 Å². The first-order valence-electron chi connectivity index (χ1n) is 18.2. The molecule has 11 nitrogen and oxygen atoms in total. The fraction of sp³-hybridized carbons (Fsp3) is 0.857. The minimum atomic E-state index is -4.70. The molecule has 0 saturated heterocycles. The van der Waals surface area contributed by atoms with E-state index in [4.69, 9.17) is 24.8 Å². The first-order chi connectivity index (χ1) is 22.6. The highest BCUT2D eigenvalue weighted by Crippen LogP contribution is 2.43. The molecular weight excluding hydrogens is 625 g/mol. The first-order valence-corrected chi connectivity index (χ1v) is 19.7. The van der Waals surface area contributed by atoms with Crippen molar-refractivity contribution >= 4 is 25.7 Å². The van der Waals surface area contributed by atoms with Gasteiger partial charge in [0, 0.05) is 12.8 Å². The smallest absolute Gasteiger partial charge is 0.472 e. The van der Waals surface area contributed by atoms with Crippen LogP contribution in [0.2, 0.25) is 0 Å². The van der Waals surface area contributed by atoms with Crippen LogP contribution < -0.4 is 5.73 Å². The Morgan fingerprint density at radius 3 is 1.57 bits per heavy atom. The van der Waals surface area contributed by atoms with Gasteiger partial charge in [-0.2, -0.15) is 0 Å². The second-order valence-electron chi connectivity index (χ2n) is 12.4. The molecule has 0 heterocycles. The molecule has 0 amide bonds. The molecule has 0 aliphatic rings. The highest BCUT2D eigenvalue weighted by molar-refractivity contribution is 7.47. The van der Waals surface area contributed by atoms with Gasteiger partial charge in [-0.3, -0.25) is 23.4 Å². The summed E-state index contributed by atoms with van der Waals surface area (Å²) in [4.78, 5) is 45.6. The number of carboxylic acid groups (broad SMARTS) is 1. The van der Waals surface area contributed by atoms with Crippen molar-refractivity contribution in [3.63, 3.8) is 0 Å². The Hall–Kier alpha value is -1.78. The summed E-state index contributed by atoms with van der Waals surface area (Å²) in [6, 6.07) is -1.52. The third-order valence-electron chi connectivity index (χ3n) is 7.76. The van der Waals surface area contributed by atoms with Crippen LogP contribution in [0.25, 0.3) is 0 Å². The number of nitrogens with two attached hydrogens (primary N) is 1. The Morgan fingerprint density at radius 1 is 0.638 bits per heavy atom. The summed E-state index contributed by atoms with van der Waals surface area (Å²) in [5.41, 5.74) is 5.30. The first kappa shape index (κ1) is 45.2. The Labute approximate surface area is 284 Å². The van der Waals surface area contributed by atoms with E-state index in [0.717, 1.165) is 57.8 Å². The van der Waals surface area contributed by atoms with Gasteiger partial charge in [0.25, 0.3) is 0 Å². The van der Waals surface area contributed by atoms with E-state index < -0.39 is 51.1 Å². The summed E-state index contributed by atoms with van der Waals surface area (Å²) >= 11 is 0. The van der Waals surface area contributed by atoms with Gasteiger partial charge < -0.3 is 25.2 Å². The third kappa shape index (κ3) is 31.3. The van der Waals surface area contributed by atoms with E-state index in [1.807, 2.05) is 0 Å². The molecule has 0 rings (SSSR count). The standard InChI is InChI=1S/C35H66NO10P/c1-3-5-7-9-11-13-15-16-17-19-21-23-25-27-34(38)46-31(29-44-47(41,42)45-30-32(36)35(39)40)28-43-33(37)26-24-22-20-18-14-12-10-8-6-4-2/h13,15,31-32H,3-12,14,16-30,36H2,1-2H3,(H,39,40)(H,41,42)/b15-13+/t31-,32+/m1/s1. The van der Waals surface area contributed by atoms with Crippen molar-refractivity contribution in [3.05, 3.63) is 12.2 Å². The maximum atomic E-state index is 12.5. The number of carbonyl (C=O) groups is 3. The predicted octanol–water partition coefficient (Wildman–Crippen LogP) is 8.56. The van der Waals surface area contributed by atoms with Crippen LogP contribution in [-0.4, -0.2) is 59.9 Å². The summed E-state index contributed by atoms with van der Waals surface area (Å²) in [6.45, 7) is 2.74. The van der Waals surface area contributed by atoms with Crippen LogP contribution in [0, 0.1) is 0 Å². The average Bonchev–Trinajstić information content (AvgIpc) is 3.04. The minimum Gasteiger partial charge on any atom is -0.480 e. The van der Waals surface area contributed by atoms with Crippen molar-refractivity contribution in [1.29, 1.82) is 0 Å². The van der Waals surface area contributed by atoms with Gasteiger partial charge in [-0.25, -0.2) is 4.57 Å². The second-order valence-corrected chi connectivity index (χ2v) is 13.8. The van der Waals surface area contributed by atoms with E-state index in [-0.39, 0.29) is 19.4 Å². The SMILES string of the molecule is CCCCCC/C=C/CCCCCCCC(=O)O[C@H](COC(=O)CCCCCCCCCCCC)COP(=O)(O)OC[C@H](N)C(=O)O. The number of carboxylic acids is 1. The maximum absolute atomic E-state index is 12.5. The van der Waals surface area contributed by atoms with E-state index in [9.17, 15) is 23.8 Å². The summed E-state index contributed by atoms with van der Waals surface area (Å²) in [7, 11) is -4.70. The molecule has 47 heavy (non-hydrogen) atoms. The number of unbranched alkanes of at least 4 members (excludes halogenated alkanes) is 18. The normalized spacial score (nSPS) is 14.1. The molecule has 4 N–H and O–H groups in total. The van der Waals surface area contributed by atoms with Crippen LogP contribution in [0.3, 0.4) is 0 Å². The van der Waals surface area contributed by atoms with Crippen LogP contribution in [0.5, 0.6) is 0 Å². The van der Waals surface area contributed by atoms with Crippen molar-refractivity contribution in [2.75, 3.05) is 19.8 Å². The molecule has 12 heteroatoms. The van der Waals surface area contributed by atoms with Gasteiger partial charge >= 0.3 is 25.7 Å². The molecule has 0 aliphatic heterocycles. The number of phosphoric acid groups is 1. The second kappa shape index (κ2) is 31.5. The fourth-order valence-corrected chi connectivity index (χ4v) is 5.60. The number of hydrogen-bond donors (Lipinski definition) is 3. The molecule has 3 atom stereocenters. The molecule has 0 spiro atoms. The molecule has 0 aromatic heterocycles. The number of allylic oxidation sites excluding steroid dienone is 2. The Balaban J connectivity index is 4.48.